The van der Waals surface area contributed by atoms with Crippen molar-refractivity contribution >= 4 is 5.97 Å². The number of benzene rings is 3. The summed E-state index contributed by atoms with van der Waals surface area (Å²) in [5, 5.41) is 0. The molecule has 0 fully saturated rings. The molecule has 0 atom stereocenters. The van der Waals surface area contributed by atoms with E-state index in [9.17, 15) is 9.18 Å². The van der Waals surface area contributed by atoms with E-state index in [4.69, 9.17) is 4.74 Å². The number of carbonyl (C=O) groups excluding carboxylic acids is 1. The van der Waals surface area contributed by atoms with Gasteiger partial charge in [-0.15, -0.1) is 0 Å². The quantitative estimate of drug-likeness (QED) is 0.238. The maximum atomic E-state index is 15.7. The van der Waals surface area contributed by atoms with Crippen LogP contribution in [-0.2, 0) is 11.2 Å². The Balaban J connectivity index is 1.96. The van der Waals surface area contributed by atoms with Crippen LogP contribution >= 0.6 is 0 Å². The fourth-order valence-electron chi connectivity index (χ4n) is 3.78. The number of halogens is 2. The van der Waals surface area contributed by atoms with Crippen molar-refractivity contribution in [3.05, 3.63) is 83.4 Å². The van der Waals surface area contributed by atoms with Gasteiger partial charge in [0.2, 0.25) is 0 Å². The molecule has 0 N–H and O–H groups in total. The van der Waals surface area contributed by atoms with Gasteiger partial charge < -0.3 is 4.74 Å². The van der Waals surface area contributed by atoms with Crippen molar-refractivity contribution in [2.45, 2.75) is 52.4 Å². The van der Waals surface area contributed by atoms with Gasteiger partial charge in [-0.05, 0) is 41.7 Å². The largest absolute Gasteiger partial charge is 0.462 e. The third-order valence-electron chi connectivity index (χ3n) is 5.64. The van der Waals surface area contributed by atoms with Crippen LogP contribution in [0, 0.1) is 11.6 Å². The molecule has 0 heterocycles. The number of carbonyl (C=O) groups is 1. The molecule has 0 aliphatic rings. The first-order chi connectivity index (χ1) is 15.6. The van der Waals surface area contributed by atoms with Crippen LogP contribution in [0.4, 0.5) is 8.78 Å². The molecule has 0 unspecified atom stereocenters. The first-order valence-electron chi connectivity index (χ1n) is 11.4. The third kappa shape index (κ3) is 5.61. The highest BCUT2D eigenvalue weighted by Crippen LogP contribution is 2.37. The van der Waals surface area contributed by atoms with Gasteiger partial charge in [0.25, 0.3) is 0 Å². The number of ether oxygens (including phenoxy) is 1. The highest BCUT2D eigenvalue weighted by atomic mass is 19.1. The van der Waals surface area contributed by atoms with Gasteiger partial charge in [-0.3, -0.25) is 0 Å². The van der Waals surface area contributed by atoms with E-state index in [0.717, 1.165) is 43.2 Å². The maximum Gasteiger partial charge on any atom is 0.341 e. The molecule has 32 heavy (non-hydrogen) atoms. The predicted molar refractivity (Wildman–Crippen MR) is 126 cm³/mol. The molecule has 0 saturated heterocycles. The summed E-state index contributed by atoms with van der Waals surface area (Å²) in [6, 6.07) is 17.1. The van der Waals surface area contributed by atoms with Gasteiger partial charge in [0, 0.05) is 11.1 Å². The zero-order chi connectivity index (χ0) is 22.9. The molecule has 0 saturated carbocycles. The first kappa shape index (κ1) is 23.6. The number of unbranched alkanes of at least 4 members (excludes halogenated alkanes) is 4. The summed E-state index contributed by atoms with van der Waals surface area (Å²) in [5.41, 5.74) is 2.14. The predicted octanol–water partition coefficient (Wildman–Crippen LogP) is 7.99. The number of esters is 1. The van der Waals surface area contributed by atoms with E-state index in [0.29, 0.717) is 12.0 Å². The zero-order valence-electron chi connectivity index (χ0n) is 18.8. The minimum atomic E-state index is -0.759. The van der Waals surface area contributed by atoms with Gasteiger partial charge in [0.05, 0.1) is 12.2 Å². The van der Waals surface area contributed by atoms with Crippen molar-refractivity contribution in [3.63, 3.8) is 0 Å². The topological polar surface area (TPSA) is 26.3 Å². The summed E-state index contributed by atoms with van der Waals surface area (Å²) in [6.07, 6.45) is 5.76. The molecule has 3 rings (SSSR count). The second-order valence-corrected chi connectivity index (χ2v) is 7.93. The summed E-state index contributed by atoms with van der Waals surface area (Å²) in [6.45, 7) is 4.32. The molecule has 0 amide bonds. The first-order valence-corrected chi connectivity index (χ1v) is 11.4. The minimum Gasteiger partial charge on any atom is -0.462 e. The highest BCUT2D eigenvalue weighted by molar-refractivity contribution is 5.95. The lowest BCUT2D eigenvalue weighted by Gasteiger charge is -2.15. The fourth-order valence-corrected chi connectivity index (χ4v) is 3.78. The van der Waals surface area contributed by atoms with Crippen LogP contribution in [0.1, 0.15) is 61.9 Å². The second-order valence-electron chi connectivity index (χ2n) is 7.93. The van der Waals surface area contributed by atoms with Crippen LogP contribution in [0.15, 0.2) is 60.7 Å². The zero-order valence-corrected chi connectivity index (χ0v) is 18.8. The van der Waals surface area contributed by atoms with E-state index < -0.39 is 17.6 Å². The smallest absolute Gasteiger partial charge is 0.341 e. The summed E-state index contributed by atoms with van der Waals surface area (Å²) < 4.78 is 36.0. The Morgan fingerprint density at radius 2 is 1.56 bits per heavy atom. The Labute approximate surface area is 189 Å². The number of hydrogen-bond acceptors (Lipinski definition) is 2. The molecule has 0 aliphatic heterocycles. The average Bonchev–Trinajstić information content (AvgIpc) is 2.81. The van der Waals surface area contributed by atoms with Gasteiger partial charge in [-0.2, -0.15) is 0 Å². The lowest BCUT2D eigenvalue weighted by molar-refractivity contribution is 0.0492. The molecule has 0 bridgehead atoms. The van der Waals surface area contributed by atoms with Gasteiger partial charge >= 0.3 is 5.97 Å². The van der Waals surface area contributed by atoms with Gasteiger partial charge in [-0.1, -0.05) is 88.1 Å². The number of aryl methyl sites for hydroxylation is 1. The van der Waals surface area contributed by atoms with Crippen molar-refractivity contribution in [1.29, 1.82) is 0 Å². The number of hydrogen-bond donors (Lipinski definition) is 0. The monoisotopic (exact) mass is 436 g/mol. The maximum absolute atomic E-state index is 15.7. The van der Waals surface area contributed by atoms with E-state index in [1.165, 1.54) is 12.1 Å². The Hall–Kier alpha value is -3.01. The summed E-state index contributed by atoms with van der Waals surface area (Å²) in [7, 11) is 0. The Bertz CT molecular complexity index is 1040. The Morgan fingerprint density at radius 1 is 0.844 bits per heavy atom. The molecule has 0 aromatic heterocycles. The lowest BCUT2D eigenvalue weighted by atomic mass is 9.91. The molecule has 4 heteroatoms. The molecule has 0 aliphatic carbocycles. The molecule has 2 nitrogen and oxygen atoms in total. The molecule has 3 aromatic rings. The van der Waals surface area contributed by atoms with E-state index in [1.807, 2.05) is 37.3 Å². The summed E-state index contributed by atoms with van der Waals surface area (Å²) in [4.78, 5) is 12.6. The van der Waals surface area contributed by atoms with Crippen molar-refractivity contribution in [2.24, 2.45) is 0 Å². The molecule has 168 valence electrons. The Morgan fingerprint density at radius 3 is 2.25 bits per heavy atom. The SMILES string of the molecule is CCCCCCCOC(=O)c1ccc(-c2ccccc2)c(-c2ccc(CC)cc2F)c1F. The van der Waals surface area contributed by atoms with Gasteiger partial charge in [-0.25, -0.2) is 13.6 Å². The van der Waals surface area contributed by atoms with Crippen LogP contribution in [0.3, 0.4) is 0 Å². The van der Waals surface area contributed by atoms with Crippen LogP contribution in [0.25, 0.3) is 22.3 Å². The minimum absolute atomic E-state index is 0.0775. The van der Waals surface area contributed by atoms with Crippen molar-refractivity contribution in [1.82, 2.24) is 0 Å². The molecular formula is C28H30F2O2. The van der Waals surface area contributed by atoms with Crippen molar-refractivity contribution in [2.75, 3.05) is 6.61 Å². The molecule has 0 spiro atoms. The Kier molecular flexibility index (Phi) is 8.55. The molecule has 0 radical (unpaired) electrons. The fraction of sp³-hybridized carbons (Fsp3) is 0.321. The van der Waals surface area contributed by atoms with Crippen LogP contribution < -0.4 is 0 Å². The summed E-state index contributed by atoms with van der Waals surface area (Å²) in [5.74, 6) is -1.99. The third-order valence-corrected chi connectivity index (χ3v) is 5.64. The molecule has 3 aromatic carbocycles. The lowest BCUT2D eigenvalue weighted by Crippen LogP contribution is -2.10. The van der Waals surface area contributed by atoms with E-state index in [-0.39, 0.29) is 23.3 Å². The van der Waals surface area contributed by atoms with E-state index in [2.05, 4.69) is 6.92 Å². The van der Waals surface area contributed by atoms with Crippen molar-refractivity contribution in [3.8, 4) is 22.3 Å². The van der Waals surface area contributed by atoms with Crippen LogP contribution in [0.5, 0.6) is 0 Å². The molecular weight excluding hydrogens is 406 g/mol. The van der Waals surface area contributed by atoms with Gasteiger partial charge in [0.15, 0.2) is 0 Å². The normalized spacial score (nSPS) is 10.9. The second kappa shape index (κ2) is 11.6. The number of rotatable bonds is 10. The summed E-state index contributed by atoms with van der Waals surface area (Å²) >= 11 is 0. The average molecular weight is 437 g/mol. The van der Waals surface area contributed by atoms with Gasteiger partial charge in [0.1, 0.15) is 11.6 Å². The van der Waals surface area contributed by atoms with Crippen molar-refractivity contribution < 1.29 is 18.3 Å². The van der Waals surface area contributed by atoms with E-state index >= 15 is 4.39 Å². The van der Waals surface area contributed by atoms with Crippen LogP contribution in [0.2, 0.25) is 0 Å². The highest BCUT2D eigenvalue weighted by Gasteiger charge is 2.23. The van der Waals surface area contributed by atoms with Crippen LogP contribution in [-0.4, -0.2) is 12.6 Å². The standard InChI is InChI=1S/C28H30F2O2/c1-3-5-6-7-11-18-32-28(31)24-17-16-22(21-12-9-8-10-13-21)26(27(24)30)23-15-14-20(4-2)19-25(23)29/h8-10,12-17,19H,3-7,11,18H2,1-2H3. The van der Waals surface area contributed by atoms with E-state index in [1.54, 1.807) is 18.2 Å².